The summed E-state index contributed by atoms with van der Waals surface area (Å²) >= 11 is 0. The lowest BCUT2D eigenvalue weighted by molar-refractivity contribution is -0.123. The second-order valence-electron chi connectivity index (χ2n) is 6.77. The second kappa shape index (κ2) is 11.3. The van der Waals surface area contributed by atoms with E-state index in [2.05, 4.69) is 17.5 Å². The van der Waals surface area contributed by atoms with Gasteiger partial charge < -0.3 is 14.2 Å². The fraction of sp³-hybridized carbons (Fsp3) is 0.160. The highest BCUT2D eigenvalue weighted by Crippen LogP contribution is 2.16. The zero-order valence-corrected chi connectivity index (χ0v) is 17.9. The number of carbonyl (C=O) groups excluding carboxylic acids is 2. The molecule has 3 aromatic rings. The number of nitrogens with one attached hydrogen (secondary N) is 1. The van der Waals surface area contributed by atoms with Crippen LogP contribution in [-0.2, 0) is 11.2 Å². The van der Waals surface area contributed by atoms with Crippen molar-refractivity contribution in [2.75, 3.05) is 13.7 Å². The van der Waals surface area contributed by atoms with Crippen LogP contribution >= 0.6 is 0 Å². The van der Waals surface area contributed by atoms with Crippen LogP contribution in [0.3, 0.4) is 0 Å². The molecule has 0 fully saturated rings. The van der Waals surface area contributed by atoms with Crippen molar-refractivity contribution in [3.05, 3.63) is 89.5 Å². The molecule has 0 bridgehead atoms. The van der Waals surface area contributed by atoms with E-state index in [1.54, 1.807) is 55.6 Å². The third-order valence-electron chi connectivity index (χ3n) is 4.52. The Balaban J connectivity index is 1.44. The molecule has 0 heterocycles. The molecule has 32 heavy (non-hydrogen) atoms. The van der Waals surface area contributed by atoms with Gasteiger partial charge in [-0.1, -0.05) is 19.1 Å². The number of rotatable bonds is 9. The third-order valence-corrected chi connectivity index (χ3v) is 4.52. The molecule has 7 nitrogen and oxygen atoms in total. The maximum atomic E-state index is 12.2. The van der Waals surface area contributed by atoms with Crippen LogP contribution in [-0.4, -0.2) is 31.8 Å². The normalized spacial score (nSPS) is 10.6. The molecule has 0 atom stereocenters. The lowest BCUT2D eigenvalue weighted by Crippen LogP contribution is -2.24. The van der Waals surface area contributed by atoms with Gasteiger partial charge in [0.25, 0.3) is 5.91 Å². The lowest BCUT2D eigenvalue weighted by Gasteiger charge is -2.06. The van der Waals surface area contributed by atoms with Crippen molar-refractivity contribution in [1.29, 1.82) is 0 Å². The smallest absolute Gasteiger partial charge is 0.343 e. The predicted molar refractivity (Wildman–Crippen MR) is 121 cm³/mol. The van der Waals surface area contributed by atoms with E-state index in [1.807, 2.05) is 24.3 Å². The molecular weight excluding hydrogens is 408 g/mol. The van der Waals surface area contributed by atoms with E-state index in [0.29, 0.717) is 22.8 Å². The number of esters is 1. The van der Waals surface area contributed by atoms with Gasteiger partial charge in [0.05, 0.1) is 18.9 Å². The number of carbonyl (C=O) groups is 2. The van der Waals surface area contributed by atoms with Gasteiger partial charge in [-0.05, 0) is 78.2 Å². The minimum absolute atomic E-state index is 0.136. The summed E-state index contributed by atoms with van der Waals surface area (Å²) in [7, 11) is 1.56. The van der Waals surface area contributed by atoms with E-state index in [9.17, 15) is 9.59 Å². The molecule has 0 spiro atoms. The fourth-order valence-electron chi connectivity index (χ4n) is 2.70. The van der Waals surface area contributed by atoms with E-state index in [4.69, 9.17) is 14.2 Å². The molecule has 0 saturated heterocycles. The highest BCUT2D eigenvalue weighted by atomic mass is 16.5. The number of hydrazone groups is 1. The van der Waals surface area contributed by atoms with Crippen molar-refractivity contribution in [3.8, 4) is 17.2 Å². The Morgan fingerprint density at radius 1 is 0.875 bits per heavy atom. The van der Waals surface area contributed by atoms with Gasteiger partial charge in [0.2, 0.25) is 0 Å². The molecule has 1 amide bonds. The maximum Gasteiger partial charge on any atom is 0.343 e. The summed E-state index contributed by atoms with van der Waals surface area (Å²) in [5.41, 5.74) is 4.76. The minimum Gasteiger partial charge on any atom is -0.497 e. The highest BCUT2D eigenvalue weighted by Gasteiger charge is 2.08. The number of ether oxygens (including phenoxy) is 3. The molecule has 0 unspecified atom stereocenters. The number of benzene rings is 3. The van der Waals surface area contributed by atoms with E-state index in [1.165, 1.54) is 11.8 Å². The molecule has 0 aromatic heterocycles. The van der Waals surface area contributed by atoms with Crippen LogP contribution in [0.1, 0.15) is 28.4 Å². The number of hydrogen-bond acceptors (Lipinski definition) is 6. The zero-order valence-electron chi connectivity index (χ0n) is 17.9. The minimum atomic E-state index is -0.467. The molecule has 0 radical (unpaired) electrons. The quantitative estimate of drug-likeness (QED) is 0.239. The molecule has 0 aliphatic heterocycles. The van der Waals surface area contributed by atoms with E-state index in [0.717, 1.165) is 12.0 Å². The largest absolute Gasteiger partial charge is 0.497 e. The van der Waals surface area contributed by atoms with Crippen LogP contribution < -0.4 is 19.6 Å². The summed E-state index contributed by atoms with van der Waals surface area (Å²) in [6, 6.07) is 21.0. The Hall–Kier alpha value is -4.13. The summed E-state index contributed by atoms with van der Waals surface area (Å²) in [4.78, 5) is 24.1. The predicted octanol–water partition coefficient (Wildman–Crippen LogP) is 4.01. The molecule has 0 aliphatic carbocycles. The lowest BCUT2D eigenvalue weighted by atomic mass is 10.2. The zero-order chi connectivity index (χ0) is 22.8. The van der Waals surface area contributed by atoms with Gasteiger partial charge in [0.1, 0.15) is 17.2 Å². The summed E-state index contributed by atoms with van der Waals surface area (Å²) in [6.07, 6.45) is 2.44. The molecule has 3 aromatic carbocycles. The van der Waals surface area contributed by atoms with Crippen molar-refractivity contribution in [3.63, 3.8) is 0 Å². The first kappa shape index (κ1) is 22.6. The van der Waals surface area contributed by atoms with E-state index < -0.39 is 5.97 Å². The van der Waals surface area contributed by atoms with E-state index in [-0.39, 0.29) is 12.5 Å². The SMILES string of the molecule is CCc1ccc(OCC(=O)NN=Cc2ccc(OC(=O)c3ccc(OC)cc3)cc2)cc1. The Labute approximate surface area is 186 Å². The van der Waals surface area contributed by atoms with Crippen molar-refractivity contribution < 1.29 is 23.8 Å². The molecular formula is C25H24N2O5. The van der Waals surface area contributed by atoms with Crippen LogP contribution in [0.25, 0.3) is 0 Å². The summed E-state index contributed by atoms with van der Waals surface area (Å²) in [5.74, 6) is 0.849. The van der Waals surface area contributed by atoms with Crippen molar-refractivity contribution in [2.24, 2.45) is 5.10 Å². The number of amides is 1. The number of methoxy groups -OCH3 is 1. The maximum absolute atomic E-state index is 12.2. The van der Waals surface area contributed by atoms with Gasteiger partial charge in [-0.2, -0.15) is 5.10 Å². The average molecular weight is 432 g/mol. The molecule has 0 saturated carbocycles. The van der Waals surface area contributed by atoms with Gasteiger partial charge in [0.15, 0.2) is 6.61 Å². The second-order valence-corrected chi connectivity index (χ2v) is 6.77. The van der Waals surface area contributed by atoms with Gasteiger partial charge >= 0.3 is 5.97 Å². The number of hydrogen-bond donors (Lipinski definition) is 1. The highest BCUT2D eigenvalue weighted by molar-refractivity contribution is 5.91. The molecule has 164 valence electrons. The monoisotopic (exact) mass is 432 g/mol. The first-order valence-corrected chi connectivity index (χ1v) is 10.1. The summed E-state index contributed by atoms with van der Waals surface area (Å²) < 4.78 is 15.9. The first-order chi connectivity index (χ1) is 15.6. The summed E-state index contributed by atoms with van der Waals surface area (Å²) in [6.45, 7) is 1.94. The van der Waals surface area contributed by atoms with Crippen LogP contribution in [0, 0.1) is 0 Å². The van der Waals surface area contributed by atoms with Crippen LogP contribution in [0.4, 0.5) is 0 Å². The molecule has 7 heteroatoms. The van der Waals surface area contributed by atoms with Crippen molar-refractivity contribution >= 4 is 18.1 Å². The van der Waals surface area contributed by atoms with Crippen LogP contribution in [0.15, 0.2) is 77.9 Å². The number of aryl methyl sites for hydroxylation is 1. The Bertz CT molecular complexity index is 1060. The van der Waals surface area contributed by atoms with Gasteiger partial charge in [-0.3, -0.25) is 4.79 Å². The third kappa shape index (κ3) is 6.70. The topological polar surface area (TPSA) is 86.2 Å². The first-order valence-electron chi connectivity index (χ1n) is 10.1. The fourth-order valence-corrected chi connectivity index (χ4v) is 2.70. The molecule has 3 rings (SSSR count). The van der Waals surface area contributed by atoms with Crippen molar-refractivity contribution in [2.45, 2.75) is 13.3 Å². The van der Waals surface area contributed by atoms with Crippen LogP contribution in [0.2, 0.25) is 0 Å². The molecule has 0 aliphatic rings. The Morgan fingerprint density at radius 2 is 1.50 bits per heavy atom. The Morgan fingerprint density at radius 3 is 2.12 bits per heavy atom. The summed E-state index contributed by atoms with van der Waals surface area (Å²) in [5, 5.41) is 3.91. The number of nitrogens with zero attached hydrogens (tertiary/aromatic N) is 1. The van der Waals surface area contributed by atoms with Gasteiger partial charge in [-0.25, -0.2) is 10.2 Å². The average Bonchev–Trinajstić information content (AvgIpc) is 2.84. The van der Waals surface area contributed by atoms with Gasteiger partial charge in [-0.15, -0.1) is 0 Å². The molecule has 1 N–H and O–H groups in total. The van der Waals surface area contributed by atoms with Gasteiger partial charge in [0, 0.05) is 0 Å². The standard InChI is InChI=1S/C25H24N2O5/c1-3-18-4-10-22(11-5-18)31-17-24(28)27-26-16-19-6-12-23(13-7-19)32-25(29)20-8-14-21(30-2)15-9-20/h4-16H,3,17H2,1-2H3,(H,27,28). The Kier molecular flexibility index (Phi) is 7.97. The van der Waals surface area contributed by atoms with E-state index >= 15 is 0 Å². The van der Waals surface area contributed by atoms with Crippen molar-refractivity contribution in [1.82, 2.24) is 5.43 Å². The van der Waals surface area contributed by atoms with Crippen LogP contribution in [0.5, 0.6) is 17.2 Å².